The summed E-state index contributed by atoms with van der Waals surface area (Å²) in [5.41, 5.74) is 6.26. The number of ether oxygens (including phenoxy) is 10. The van der Waals surface area contributed by atoms with Crippen molar-refractivity contribution < 1.29 is 47.4 Å². The summed E-state index contributed by atoms with van der Waals surface area (Å²) in [5, 5.41) is 4.23. The van der Waals surface area contributed by atoms with Gasteiger partial charge in [0, 0.05) is 36.4 Å². The van der Waals surface area contributed by atoms with Crippen LogP contribution < -0.4 is 0 Å². The highest BCUT2D eigenvalue weighted by molar-refractivity contribution is 7.11. The van der Waals surface area contributed by atoms with E-state index in [0.29, 0.717) is 119 Å². The second-order valence-corrected chi connectivity index (χ2v) is 14.5. The van der Waals surface area contributed by atoms with E-state index in [1.54, 1.807) is 36.9 Å². The van der Waals surface area contributed by atoms with Crippen molar-refractivity contribution in [2.75, 3.05) is 133 Å². The summed E-state index contributed by atoms with van der Waals surface area (Å²) in [6, 6.07) is 12.5. The van der Waals surface area contributed by atoms with Gasteiger partial charge in [0.15, 0.2) is 0 Å². The summed E-state index contributed by atoms with van der Waals surface area (Å²) in [7, 11) is 3.31. The summed E-state index contributed by atoms with van der Waals surface area (Å²) in [6.07, 6.45) is 13.9. The predicted molar refractivity (Wildman–Crippen MR) is 232 cm³/mol. The van der Waals surface area contributed by atoms with E-state index < -0.39 is 0 Å². The van der Waals surface area contributed by atoms with Crippen LogP contribution in [0.4, 0.5) is 0 Å². The van der Waals surface area contributed by atoms with Crippen molar-refractivity contribution in [2.24, 2.45) is 0 Å². The van der Waals surface area contributed by atoms with Crippen LogP contribution >= 0.6 is 22.7 Å². The lowest BCUT2D eigenvalue weighted by atomic mass is 10.1. The van der Waals surface area contributed by atoms with Crippen LogP contribution in [0.5, 0.6) is 0 Å². The van der Waals surface area contributed by atoms with Gasteiger partial charge < -0.3 is 47.4 Å². The van der Waals surface area contributed by atoms with Crippen molar-refractivity contribution in [2.45, 2.75) is 12.8 Å². The molecule has 0 aromatic carbocycles. The molecule has 58 heavy (non-hydrogen) atoms. The van der Waals surface area contributed by atoms with E-state index in [2.05, 4.69) is 69.3 Å². The summed E-state index contributed by atoms with van der Waals surface area (Å²) >= 11 is 3.44. The molecule has 0 aliphatic heterocycles. The van der Waals surface area contributed by atoms with Crippen LogP contribution in [0.3, 0.4) is 0 Å². The van der Waals surface area contributed by atoms with Crippen molar-refractivity contribution in [1.29, 1.82) is 0 Å². The number of nitrogens with zero attached hydrogens (tertiary/aromatic N) is 2. The fourth-order valence-corrected chi connectivity index (χ4v) is 6.92. The number of hydrogen-bond acceptors (Lipinski definition) is 14. The second kappa shape index (κ2) is 31.7. The minimum atomic E-state index is 0.539. The van der Waals surface area contributed by atoms with Crippen molar-refractivity contribution >= 4 is 47.0 Å². The lowest BCUT2D eigenvalue weighted by molar-refractivity contribution is -0.00752. The Morgan fingerprint density at radius 3 is 1.03 bits per heavy atom. The molecule has 318 valence electrons. The lowest BCUT2D eigenvalue weighted by Gasteiger charge is -2.07. The molecule has 0 saturated carbocycles. The van der Waals surface area contributed by atoms with E-state index in [0.717, 1.165) is 35.4 Å². The molecule has 4 rings (SSSR count). The molecule has 0 N–H and O–H groups in total. The molecule has 4 aromatic heterocycles. The average Bonchev–Trinajstić information content (AvgIpc) is 3.91. The molecule has 0 atom stereocenters. The zero-order chi connectivity index (χ0) is 40.6. The van der Waals surface area contributed by atoms with E-state index in [9.17, 15) is 0 Å². The summed E-state index contributed by atoms with van der Waals surface area (Å²) in [6.45, 7) is 10.2. The van der Waals surface area contributed by atoms with Crippen molar-refractivity contribution in [3.05, 3.63) is 91.6 Å². The monoisotopic (exact) mass is 840 g/mol. The van der Waals surface area contributed by atoms with Crippen LogP contribution in [0.2, 0.25) is 0 Å². The quantitative estimate of drug-likeness (QED) is 0.0440. The molecular formula is C44H60N2O10S2. The van der Waals surface area contributed by atoms with Crippen LogP contribution in [0.15, 0.2) is 59.6 Å². The number of rotatable bonds is 35. The first-order chi connectivity index (χ1) is 28.8. The van der Waals surface area contributed by atoms with Crippen LogP contribution in [0, 0.1) is 0 Å². The maximum atomic E-state index is 5.80. The Bertz CT molecular complexity index is 1520. The fraction of sp³-hybridized carbons (Fsp3) is 0.500. The van der Waals surface area contributed by atoms with Gasteiger partial charge in [-0.15, -0.1) is 22.7 Å². The Kier molecular flexibility index (Phi) is 25.9. The molecule has 0 unspecified atom stereocenters. The van der Waals surface area contributed by atoms with Crippen LogP contribution in [-0.2, 0) is 60.2 Å². The molecule has 4 heterocycles. The second-order valence-electron chi connectivity index (χ2n) is 12.6. The molecule has 0 aliphatic carbocycles. The third-order valence-electron chi connectivity index (χ3n) is 8.38. The van der Waals surface area contributed by atoms with Gasteiger partial charge in [0.2, 0.25) is 0 Å². The largest absolute Gasteiger partial charge is 0.382 e. The van der Waals surface area contributed by atoms with Gasteiger partial charge in [-0.25, -0.2) is 0 Å². The number of thiophene rings is 2. The van der Waals surface area contributed by atoms with Gasteiger partial charge in [0.05, 0.1) is 130 Å². The van der Waals surface area contributed by atoms with Gasteiger partial charge in [-0.2, -0.15) is 0 Å². The van der Waals surface area contributed by atoms with E-state index in [4.69, 9.17) is 47.4 Å². The average molecular weight is 841 g/mol. The van der Waals surface area contributed by atoms with Gasteiger partial charge in [-0.05, 0) is 82.3 Å². The number of aromatic nitrogens is 2. The molecular weight excluding hydrogens is 781 g/mol. The van der Waals surface area contributed by atoms with Crippen molar-refractivity contribution in [3.8, 4) is 11.4 Å². The van der Waals surface area contributed by atoms with Crippen molar-refractivity contribution in [1.82, 2.24) is 9.97 Å². The molecule has 0 spiro atoms. The molecule has 12 nitrogen and oxygen atoms in total. The molecule has 14 heteroatoms. The first kappa shape index (κ1) is 47.5. The van der Waals surface area contributed by atoms with Gasteiger partial charge in [0.1, 0.15) is 0 Å². The van der Waals surface area contributed by atoms with Crippen LogP contribution in [-0.4, -0.2) is 143 Å². The maximum absolute atomic E-state index is 5.80. The standard InChI is InChI=1S/C44H60N2O10S2/c1-47-17-19-51-25-27-55-31-29-53-23-21-49-15-11-39-13-33-57-43(39)9-5-37-3-7-41(45-35-37)42-8-4-38(36-46-42)6-10-44-40(14-34-58-44)12-16-50-22-24-54-30-32-56-28-26-52-20-18-48-2/h3-10,13-14,33-36H,11-12,15-32H2,1-2H3/b9-5+,10-6+. The Balaban J connectivity index is 1.07. The Morgan fingerprint density at radius 2 is 0.724 bits per heavy atom. The molecule has 0 saturated heterocycles. The number of pyridine rings is 2. The molecule has 0 fully saturated rings. The fourth-order valence-electron chi connectivity index (χ4n) is 5.23. The first-order valence-corrected chi connectivity index (χ1v) is 21.5. The SMILES string of the molecule is COCCOCCOCCOCCOCCc1ccsc1/C=C/c1ccc(-c2ccc(/C=C/c3sccc3CCOCCOCCOCCOCCOC)cn2)nc1. The third-order valence-corrected chi connectivity index (χ3v) is 10.2. The van der Waals surface area contributed by atoms with Gasteiger partial charge >= 0.3 is 0 Å². The summed E-state index contributed by atoms with van der Waals surface area (Å²) < 4.78 is 54.3. The van der Waals surface area contributed by atoms with E-state index in [1.807, 2.05) is 24.5 Å². The Morgan fingerprint density at radius 1 is 0.397 bits per heavy atom. The zero-order valence-electron chi connectivity index (χ0n) is 34.0. The van der Waals surface area contributed by atoms with Crippen LogP contribution in [0.25, 0.3) is 35.7 Å². The number of methoxy groups -OCH3 is 2. The molecule has 0 amide bonds. The summed E-state index contributed by atoms with van der Waals surface area (Å²) in [5.74, 6) is 0. The normalized spacial score (nSPS) is 11.8. The summed E-state index contributed by atoms with van der Waals surface area (Å²) in [4.78, 5) is 11.8. The minimum absolute atomic E-state index is 0.539. The predicted octanol–water partition coefficient (Wildman–Crippen LogP) is 7.12. The highest BCUT2D eigenvalue weighted by Gasteiger charge is 2.05. The molecule has 0 bridgehead atoms. The minimum Gasteiger partial charge on any atom is -0.382 e. The highest BCUT2D eigenvalue weighted by Crippen LogP contribution is 2.23. The topological polar surface area (TPSA) is 118 Å². The lowest BCUT2D eigenvalue weighted by Crippen LogP contribution is -2.13. The van der Waals surface area contributed by atoms with Crippen molar-refractivity contribution in [3.63, 3.8) is 0 Å². The third kappa shape index (κ3) is 20.7. The van der Waals surface area contributed by atoms with E-state index in [1.165, 1.54) is 20.9 Å². The Hall–Kier alpha value is -3.22. The molecule has 0 radical (unpaired) electrons. The van der Waals surface area contributed by atoms with Crippen LogP contribution in [0.1, 0.15) is 32.0 Å². The first-order valence-electron chi connectivity index (χ1n) is 19.8. The van der Waals surface area contributed by atoms with Gasteiger partial charge in [-0.3, -0.25) is 9.97 Å². The van der Waals surface area contributed by atoms with Gasteiger partial charge in [0.25, 0.3) is 0 Å². The zero-order valence-corrected chi connectivity index (χ0v) is 35.7. The molecule has 4 aromatic rings. The smallest absolute Gasteiger partial charge is 0.0886 e. The number of hydrogen-bond donors (Lipinski definition) is 0. The van der Waals surface area contributed by atoms with E-state index >= 15 is 0 Å². The maximum Gasteiger partial charge on any atom is 0.0886 e. The van der Waals surface area contributed by atoms with Gasteiger partial charge in [-0.1, -0.05) is 24.3 Å². The Labute approximate surface area is 352 Å². The molecule has 0 aliphatic rings. The highest BCUT2D eigenvalue weighted by atomic mass is 32.1. The van der Waals surface area contributed by atoms with E-state index in [-0.39, 0.29) is 0 Å².